The second kappa shape index (κ2) is 7.22. The molecule has 1 amide bonds. The van der Waals surface area contributed by atoms with Crippen LogP contribution in [0.25, 0.3) is 0 Å². The SMILES string of the molecule is CCCNC(=O)CC(CN)N1CCN2CCCC2C1. The minimum atomic E-state index is 0.145. The first-order chi connectivity index (χ1) is 9.24. The van der Waals surface area contributed by atoms with Crippen LogP contribution in [0.1, 0.15) is 32.6 Å². The summed E-state index contributed by atoms with van der Waals surface area (Å²) in [5.74, 6) is 0.145. The van der Waals surface area contributed by atoms with E-state index in [0.717, 1.165) is 32.6 Å². The molecule has 0 aromatic rings. The van der Waals surface area contributed by atoms with Gasteiger partial charge in [0.15, 0.2) is 0 Å². The second-order valence-electron chi connectivity index (χ2n) is 5.77. The predicted molar refractivity (Wildman–Crippen MR) is 76.9 cm³/mol. The Morgan fingerprint density at radius 3 is 3.00 bits per heavy atom. The van der Waals surface area contributed by atoms with Gasteiger partial charge >= 0.3 is 0 Å². The molecular weight excluding hydrogens is 240 g/mol. The molecule has 2 saturated heterocycles. The van der Waals surface area contributed by atoms with E-state index < -0.39 is 0 Å². The molecule has 0 bridgehead atoms. The number of rotatable bonds is 6. The molecule has 2 aliphatic heterocycles. The van der Waals surface area contributed by atoms with E-state index >= 15 is 0 Å². The van der Waals surface area contributed by atoms with Gasteiger partial charge in [0.25, 0.3) is 0 Å². The fraction of sp³-hybridized carbons (Fsp3) is 0.929. The van der Waals surface area contributed by atoms with Crippen molar-refractivity contribution < 1.29 is 4.79 Å². The Bertz CT molecular complexity index is 297. The molecular formula is C14H28N4O. The Morgan fingerprint density at radius 1 is 1.42 bits per heavy atom. The van der Waals surface area contributed by atoms with Gasteiger partial charge in [0, 0.05) is 51.2 Å². The highest BCUT2D eigenvalue weighted by atomic mass is 16.1. The summed E-state index contributed by atoms with van der Waals surface area (Å²) < 4.78 is 0. The molecule has 3 N–H and O–H groups in total. The molecule has 2 aliphatic rings. The molecule has 2 atom stereocenters. The topological polar surface area (TPSA) is 61.6 Å². The molecule has 0 spiro atoms. The molecule has 2 unspecified atom stereocenters. The Hall–Kier alpha value is -0.650. The van der Waals surface area contributed by atoms with Crippen molar-refractivity contribution in [3.8, 4) is 0 Å². The second-order valence-corrected chi connectivity index (χ2v) is 5.77. The molecule has 0 aromatic heterocycles. The molecule has 0 saturated carbocycles. The third kappa shape index (κ3) is 3.91. The highest BCUT2D eigenvalue weighted by Crippen LogP contribution is 2.23. The van der Waals surface area contributed by atoms with E-state index in [1.807, 2.05) is 0 Å². The average molecular weight is 268 g/mol. The zero-order chi connectivity index (χ0) is 13.7. The van der Waals surface area contributed by atoms with Crippen molar-refractivity contribution in [2.75, 3.05) is 39.3 Å². The van der Waals surface area contributed by atoms with Crippen molar-refractivity contribution in [3.05, 3.63) is 0 Å². The summed E-state index contributed by atoms with van der Waals surface area (Å²) in [4.78, 5) is 16.9. The van der Waals surface area contributed by atoms with Crippen LogP contribution in [0.3, 0.4) is 0 Å². The van der Waals surface area contributed by atoms with Gasteiger partial charge in [-0.1, -0.05) is 6.92 Å². The highest BCUT2D eigenvalue weighted by molar-refractivity contribution is 5.76. The summed E-state index contributed by atoms with van der Waals surface area (Å²) in [6, 6.07) is 0.904. The van der Waals surface area contributed by atoms with Crippen molar-refractivity contribution in [3.63, 3.8) is 0 Å². The Kier molecular flexibility index (Phi) is 5.60. The number of nitrogens with one attached hydrogen (secondary N) is 1. The van der Waals surface area contributed by atoms with Crippen molar-refractivity contribution >= 4 is 5.91 Å². The zero-order valence-corrected chi connectivity index (χ0v) is 12.1. The minimum absolute atomic E-state index is 0.145. The standard InChI is InChI=1S/C14H28N4O/c1-2-5-16-14(19)9-13(10-15)18-8-7-17-6-3-4-12(17)11-18/h12-13H,2-11,15H2,1H3,(H,16,19). The Balaban J connectivity index is 1.82. The zero-order valence-electron chi connectivity index (χ0n) is 12.1. The molecule has 5 nitrogen and oxygen atoms in total. The number of hydrogen-bond donors (Lipinski definition) is 2. The molecule has 0 aliphatic carbocycles. The first-order valence-electron chi connectivity index (χ1n) is 7.69. The van der Waals surface area contributed by atoms with Gasteiger partial charge in [-0.3, -0.25) is 14.6 Å². The number of nitrogens with zero attached hydrogens (tertiary/aromatic N) is 2. The van der Waals surface area contributed by atoms with E-state index in [4.69, 9.17) is 5.73 Å². The fourth-order valence-electron chi connectivity index (χ4n) is 3.26. The maximum absolute atomic E-state index is 11.8. The number of hydrogen-bond acceptors (Lipinski definition) is 4. The lowest BCUT2D eigenvalue weighted by molar-refractivity contribution is -0.122. The molecule has 5 heteroatoms. The van der Waals surface area contributed by atoms with Gasteiger partial charge in [-0.15, -0.1) is 0 Å². The van der Waals surface area contributed by atoms with E-state index in [-0.39, 0.29) is 11.9 Å². The van der Waals surface area contributed by atoms with Crippen molar-refractivity contribution in [1.29, 1.82) is 0 Å². The van der Waals surface area contributed by atoms with Gasteiger partial charge < -0.3 is 11.1 Å². The fourth-order valence-corrected chi connectivity index (χ4v) is 3.26. The number of carbonyl (C=O) groups excluding carboxylic acids is 1. The van der Waals surface area contributed by atoms with Crippen LogP contribution < -0.4 is 11.1 Å². The average Bonchev–Trinajstić information content (AvgIpc) is 2.89. The van der Waals surface area contributed by atoms with Crippen LogP contribution in [0.2, 0.25) is 0 Å². The maximum Gasteiger partial charge on any atom is 0.221 e. The summed E-state index contributed by atoms with van der Waals surface area (Å²) >= 11 is 0. The Labute approximate surface area is 116 Å². The van der Waals surface area contributed by atoms with Crippen molar-refractivity contribution in [1.82, 2.24) is 15.1 Å². The summed E-state index contributed by atoms with van der Waals surface area (Å²) in [5, 5.41) is 2.95. The van der Waals surface area contributed by atoms with Crippen LogP contribution in [-0.2, 0) is 4.79 Å². The van der Waals surface area contributed by atoms with Gasteiger partial charge in [-0.2, -0.15) is 0 Å². The van der Waals surface area contributed by atoms with Gasteiger partial charge in [0.05, 0.1) is 0 Å². The van der Waals surface area contributed by atoms with E-state index in [2.05, 4.69) is 22.0 Å². The smallest absolute Gasteiger partial charge is 0.221 e. The summed E-state index contributed by atoms with van der Waals surface area (Å²) in [5.41, 5.74) is 5.88. The summed E-state index contributed by atoms with van der Waals surface area (Å²) in [7, 11) is 0. The van der Waals surface area contributed by atoms with Crippen LogP contribution in [0, 0.1) is 0 Å². The molecule has 2 heterocycles. The van der Waals surface area contributed by atoms with Crippen LogP contribution in [0.4, 0.5) is 0 Å². The monoisotopic (exact) mass is 268 g/mol. The highest BCUT2D eigenvalue weighted by Gasteiger charge is 2.33. The van der Waals surface area contributed by atoms with E-state index in [9.17, 15) is 4.79 Å². The predicted octanol–water partition coefficient (Wildman–Crippen LogP) is 0.0100. The number of carbonyl (C=O) groups is 1. The van der Waals surface area contributed by atoms with Crippen LogP contribution in [0.5, 0.6) is 0 Å². The first-order valence-corrected chi connectivity index (χ1v) is 7.69. The lowest BCUT2D eigenvalue weighted by Crippen LogP contribution is -2.55. The number of nitrogens with two attached hydrogens (primary N) is 1. The van der Waals surface area contributed by atoms with Gasteiger partial charge in [-0.25, -0.2) is 0 Å². The first kappa shape index (κ1) is 14.8. The third-order valence-electron chi connectivity index (χ3n) is 4.40. The quantitative estimate of drug-likeness (QED) is 0.712. The van der Waals surface area contributed by atoms with Crippen LogP contribution >= 0.6 is 0 Å². The van der Waals surface area contributed by atoms with Crippen LogP contribution in [-0.4, -0.2) is 67.1 Å². The Morgan fingerprint density at radius 2 is 2.26 bits per heavy atom. The molecule has 0 aromatic carbocycles. The summed E-state index contributed by atoms with van der Waals surface area (Å²) in [6.07, 6.45) is 4.15. The van der Waals surface area contributed by atoms with Crippen molar-refractivity contribution in [2.24, 2.45) is 5.73 Å². The van der Waals surface area contributed by atoms with Gasteiger partial charge in [-0.05, 0) is 25.8 Å². The molecule has 19 heavy (non-hydrogen) atoms. The van der Waals surface area contributed by atoms with E-state index in [0.29, 0.717) is 19.0 Å². The number of amides is 1. The molecule has 0 radical (unpaired) electrons. The van der Waals surface area contributed by atoms with Crippen molar-refractivity contribution in [2.45, 2.75) is 44.7 Å². The lowest BCUT2D eigenvalue weighted by Gasteiger charge is -2.41. The van der Waals surface area contributed by atoms with E-state index in [1.165, 1.54) is 19.4 Å². The van der Waals surface area contributed by atoms with Gasteiger partial charge in [0.2, 0.25) is 5.91 Å². The lowest BCUT2D eigenvalue weighted by atomic mass is 10.1. The maximum atomic E-state index is 11.8. The molecule has 110 valence electrons. The molecule has 2 fully saturated rings. The largest absolute Gasteiger partial charge is 0.356 e. The van der Waals surface area contributed by atoms with Gasteiger partial charge in [0.1, 0.15) is 0 Å². The summed E-state index contributed by atoms with van der Waals surface area (Å²) in [6.45, 7) is 7.95. The molecule has 2 rings (SSSR count). The van der Waals surface area contributed by atoms with Crippen LogP contribution in [0.15, 0.2) is 0 Å². The normalized spacial score (nSPS) is 26.1. The number of fused-ring (bicyclic) bond motifs is 1. The third-order valence-corrected chi connectivity index (χ3v) is 4.40. The number of piperazine rings is 1. The minimum Gasteiger partial charge on any atom is -0.356 e. The van der Waals surface area contributed by atoms with E-state index in [1.54, 1.807) is 0 Å².